The van der Waals surface area contributed by atoms with Gasteiger partial charge in [0, 0.05) is 18.9 Å². The Bertz CT molecular complexity index is 864. The van der Waals surface area contributed by atoms with Gasteiger partial charge in [-0.15, -0.1) is 5.10 Å². The molecule has 3 aromatic rings. The van der Waals surface area contributed by atoms with E-state index in [1.54, 1.807) is 17.1 Å². The Morgan fingerprint density at radius 2 is 2.12 bits per heavy atom. The summed E-state index contributed by atoms with van der Waals surface area (Å²) in [4.78, 5) is 16.4. The van der Waals surface area contributed by atoms with E-state index in [4.69, 9.17) is 4.74 Å². The molecule has 4 rings (SSSR count). The normalized spacial score (nSPS) is 16.2. The maximum Gasteiger partial charge on any atom is 0.274 e. The maximum atomic E-state index is 12.4. The van der Waals surface area contributed by atoms with Gasteiger partial charge in [-0.25, -0.2) is 4.68 Å². The Labute approximate surface area is 144 Å². The number of benzene rings is 1. The summed E-state index contributed by atoms with van der Waals surface area (Å²) in [5, 5.41) is 11.0. The Balaban J connectivity index is 1.45. The van der Waals surface area contributed by atoms with Gasteiger partial charge in [-0.1, -0.05) is 41.6 Å². The summed E-state index contributed by atoms with van der Waals surface area (Å²) in [7, 11) is 0. The Hall–Kier alpha value is -3.06. The van der Waals surface area contributed by atoms with E-state index in [1.807, 2.05) is 42.5 Å². The van der Waals surface area contributed by atoms with Crippen molar-refractivity contribution in [3.05, 3.63) is 77.4 Å². The number of nitrogens with one attached hydrogen (secondary N) is 1. The fraction of sp³-hybridized carbons (Fsp3) is 0.222. The number of ether oxygens (including phenoxy) is 1. The zero-order valence-corrected chi connectivity index (χ0v) is 13.5. The van der Waals surface area contributed by atoms with Crippen LogP contribution in [0.4, 0.5) is 0 Å². The number of carbonyl (C=O) groups excluding carboxylic acids is 1. The smallest absolute Gasteiger partial charge is 0.274 e. The Morgan fingerprint density at radius 3 is 2.92 bits per heavy atom. The van der Waals surface area contributed by atoms with Gasteiger partial charge in [0.15, 0.2) is 5.69 Å². The van der Waals surface area contributed by atoms with Crippen LogP contribution in [0.2, 0.25) is 0 Å². The van der Waals surface area contributed by atoms with Crippen molar-refractivity contribution in [2.45, 2.75) is 25.8 Å². The number of pyridine rings is 1. The third kappa shape index (κ3) is 3.27. The van der Waals surface area contributed by atoms with Gasteiger partial charge >= 0.3 is 0 Å². The molecule has 0 spiro atoms. The van der Waals surface area contributed by atoms with Crippen molar-refractivity contribution in [2.24, 2.45) is 0 Å². The molecular formula is C18H17N5O2. The summed E-state index contributed by atoms with van der Waals surface area (Å²) in [5.41, 5.74) is 3.04. The third-order valence-electron chi connectivity index (χ3n) is 4.16. The highest BCUT2D eigenvalue weighted by Gasteiger charge is 2.27. The van der Waals surface area contributed by atoms with Crippen LogP contribution in [0.3, 0.4) is 0 Å². The van der Waals surface area contributed by atoms with Crippen LogP contribution in [0.5, 0.6) is 0 Å². The van der Waals surface area contributed by atoms with Crippen LogP contribution in [0.1, 0.15) is 33.4 Å². The number of carbonyl (C=O) groups is 1. The zero-order chi connectivity index (χ0) is 17.1. The quantitative estimate of drug-likeness (QED) is 0.787. The first-order valence-electron chi connectivity index (χ1n) is 8.07. The summed E-state index contributed by atoms with van der Waals surface area (Å²) in [6.45, 7) is 1.25. The zero-order valence-electron chi connectivity index (χ0n) is 13.5. The average Bonchev–Trinajstić information content (AvgIpc) is 3.11. The molecule has 0 bridgehead atoms. The Morgan fingerprint density at radius 1 is 1.24 bits per heavy atom. The number of hydrogen-bond acceptors (Lipinski definition) is 5. The lowest BCUT2D eigenvalue weighted by atomic mass is 10.1. The van der Waals surface area contributed by atoms with Crippen molar-refractivity contribution in [1.29, 1.82) is 0 Å². The molecule has 7 nitrogen and oxygen atoms in total. The van der Waals surface area contributed by atoms with E-state index >= 15 is 0 Å². The predicted octanol–water partition coefficient (Wildman–Crippen LogP) is 1.87. The minimum Gasteiger partial charge on any atom is -0.365 e. The maximum absolute atomic E-state index is 12.4. The fourth-order valence-corrected chi connectivity index (χ4v) is 2.83. The van der Waals surface area contributed by atoms with Crippen LogP contribution in [-0.2, 0) is 24.4 Å². The standard InChI is InChI=1S/C18H17N5O2/c24-18(20-10-13-5-4-8-19-9-13)17-15-12-25-16(11-23(15)22-21-17)14-6-2-1-3-7-14/h1-9,16H,10-12H2,(H,20,24)/t16-/m1/s1. The Kier molecular flexibility index (Phi) is 4.22. The lowest BCUT2D eigenvalue weighted by Gasteiger charge is -2.24. The van der Waals surface area contributed by atoms with E-state index in [-0.39, 0.29) is 12.0 Å². The minimum absolute atomic E-state index is 0.0818. The van der Waals surface area contributed by atoms with E-state index in [0.717, 1.165) is 11.1 Å². The number of amides is 1. The highest BCUT2D eigenvalue weighted by atomic mass is 16.5. The monoisotopic (exact) mass is 335 g/mol. The molecule has 1 N–H and O–H groups in total. The van der Waals surface area contributed by atoms with Crippen molar-refractivity contribution in [3.63, 3.8) is 0 Å². The van der Waals surface area contributed by atoms with Crippen molar-refractivity contribution < 1.29 is 9.53 Å². The van der Waals surface area contributed by atoms with Crippen molar-refractivity contribution in [2.75, 3.05) is 0 Å². The van der Waals surface area contributed by atoms with Crippen LogP contribution < -0.4 is 5.32 Å². The minimum atomic E-state index is -0.258. The van der Waals surface area contributed by atoms with E-state index < -0.39 is 0 Å². The molecule has 2 aromatic heterocycles. The molecule has 0 saturated carbocycles. The summed E-state index contributed by atoms with van der Waals surface area (Å²) >= 11 is 0. The van der Waals surface area contributed by atoms with Gasteiger partial charge in [-0.3, -0.25) is 9.78 Å². The first-order valence-corrected chi connectivity index (χ1v) is 8.07. The molecule has 3 heterocycles. The highest BCUT2D eigenvalue weighted by molar-refractivity contribution is 5.93. The van der Waals surface area contributed by atoms with Crippen LogP contribution >= 0.6 is 0 Å². The van der Waals surface area contributed by atoms with Crippen molar-refractivity contribution in [1.82, 2.24) is 25.3 Å². The van der Waals surface area contributed by atoms with Crippen molar-refractivity contribution in [3.8, 4) is 0 Å². The number of aromatic nitrogens is 4. The molecule has 0 radical (unpaired) electrons. The SMILES string of the molecule is O=C(NCc1cccnc1)c1nnn2c1CO[C@@H](c1ccccc1)C2. The van der Waals surface area contributed by atoms with E-state index in [1.165, 1.54) is 0 Å². The molecule has 1 amide bonds. The van der Waals surface area contributed by atoms with Gasteiger partial charge in [0.25, 0.3) is 5.91 Å². The molecular weight excluding hydrogens is 318 g/mol. The molecule has 1 aliphatic rings. The van der Waals surface area contributed by atoms with Crippen molar-refractivity contribution >= 4 is 5.91 Å². The summed E-state index contributed by atoms with van der Waals surface area (Å²) in [5.74, 6) is -0.258. The van der Waals surface area contributed by atoms with Crippen LogP contribution in [-0.4, -0.2) is 25.9 Å². The molecule has 0 saturated heterocycles. The molecule has 1 aromatic carbocycles. The van der Waals surface area contributed by atoms with Crippen LogP contribution in [0.25, 0.3) is 0 Å². The summed E-state index contributed by atoms with van der Waals surface area (Å²) < 4.78 is 7.66. The molecule has 1 atom stereocenters. The highest BCUT2D eigenvalue weighted by Crippen LogP contribution is 2.26. The molecule has 25 heavy (non-hydrogen) atoms. The second kappa shape index (κ2) is 6.82. The second-order valence-corrected chi connectivity index (χ2v) is 5.82. The van der Waals surface area contributed by atoms with Crippen LogP contribution in [0, 0.1) is 0 Å². The first-order chi connectivity index (χ1) is 12.3. The molecule has 0 fully saturated rings. The fourth-order valence-electron chi connectivity index (χ4n) is 2.83. The lowest BCUT2D eigenvalue weighted by molar-refractivity contribution is -0.00177. The van der Waals surface area contributed by atoms with Gasteiger partial charge in [0.05, 0.1) is 18.8 Å². The molecule has 0 aliphatic carbocycles. The van der Waals surface area contributed by atoms with Gasteiger partial charge in [0.2, 0.25) is 0 Å². The lowest BCUT2D eigenvalue weighted by Crippen LogP contribution is -2.27. The second-order valence-electron chi connectivity index (χ2n) is 5.82. The number of hydrogen-bond donors (Lipinski definition) is 1. The topological polar surface area (TPSA) is 81.9 Å². The summed E-state index contributed by atoms with van der Waals surface area (Å²) in [6.07, 6.45) is 3.33. The first kappa shape index (κ1) is 15.5. The molecule has 0 unspecified atom stereocenters. The molecule has 126 valence electrons. The van der Waals surface area contributed by atoms with Crippen LogP contribution in [0.15, 0.2) is 54.9 Å². The molecule has 1 aliphatic heterocycles. The van der Waals surface area contributed by atoms with E-state index in [0.29, 0.717) is 31.1 Å². The van der Waals surface area contributed by atoms with Gasteiger partial charge in [-0.05, 0) is 17.2 Å². The third-order valence-corrected chi connectivity index (χ3v) is 4.16. The predicted molar refractivity (Wildman–Crippen MR) is 89.4 cm³/mol. The largest absolute Gasteiger partial charge is 0.365 e. The molecule has 7 heteroatoms. The number of rotatable bonds is 4. The average molecular weight is 335 g/mol. The van der Waals surface area contributed by atoms with Gasteiger partial charge < -0.3 is 10.1 Å². The van der Waals surface area contributed by atoms with Gasteiger partial charge in [-0.2, -0.15) is 0 Å². The summed E-state index contributed by atoms with van der Waals surface area (Å²) in [6, 6.07) is 13.7. The van der Waals surface area contributed by atoms with Gasteiger partial charge in [0.1, 0.15) is 6.10 Å². The van der Waals surface area contributed by atoms with E-state index in [2.05, 4.69) is 20.6 Å². The number of nitrogens with zero attached hydrogens (tertiary/aromatic N) is 4. The van der Waals surface area contributed by atoms with E-state index in [9.17, 15) is 4.79 Å². The number of fused-ring (bicyclic) bond motifs is 1.